The number of ether oxygens (including phenoxy) is 3. The van der Waals surface area contributed by atoms with E-state index in [0.29, 0.717) is 55.0 Å². The largest absolute Gasteiger partial charge is 0.490 e. The van der Waals surface area contributed by atoms with Crippen LogP contribution in [0.4, 0.5) is 0 Å². The molecule has 4 heteroatoms. The van der Waals surface area contributed by atoms with Gasteiger partial charge in [-0.15, -0.1) is 0 Å². The van der Waals surface area contributed by atoms with Gasteiger partial charge in [-0.3, -0.25) is 4.79 Å². The molecule has 0 spiro atoms. The summed E-state index contributed by atoms with van der Waals surface area (Å²) in [5.41, 5.74) is 0.650. The first-order valence-electron chi connectivity index (χ1n) is 7.79. The van der Waals surface area contributed by atoms with Crippen molar-refractivity contribution in [2.24, 2.45) is 5.92 Å². The molecule has 21 heavy (non-hydrogen) atoms. The third-order valence-electron chi connectivity index (χ3n) is 3.40. The van der Waals surface area contributed by atoms with Crippen LogP contribution in [0.5, 0.6) is 17.2 Å². The van der Waals surface area contributed by atoms with Crippen LogP contribution in [0.25, 0.3) is 0 Å². The van der Waals surface area contributed by atoms with Crippen molar-refractivity contribution in [2.75, 3.05) is 19.8 Å². The summed E-state index contributed by atoms with van der Waals surface area (Å²) in [6.45, 7) is 7.30. The highest BCUT2D eigenvalue weighted by Gasteiger charge is 2.26. The molecule has 1 aliphatic carbocycles. The van der Waals surface area contributed by atoms with Crippen LogP contribution in [-0.2, 0) is 0 Å². The second-order valence-electron chi connectivity index (χ2n) is 5.17. The molecule has 1 aromatic carbocycles. The van der Waals surface area contributed by atoms with Crippen molar-refractivity contribution in [2.45, 2.75) is 40.0 Å². The van der Waals surface area contributed by atoms with Gasteiger partial charge in [0.25, 0.3) is 0 Å². The van der Waals surface area contributed by atoms with Gasteiger partial charge in [-0.25, -0.2) is 0 Å². The van der Waals surface area contributed by atoms with Crippen LogP contribution in [0.3, 0.4) is 0 Å². The van der Waals surface area contributed by atoms with E-state index in [-0.39, 0.29) is 5.78 Å². The fourth-order valence-corrected chi connectivity index (χ4v) is 2.25. The summed E-state index contributed by atoms with van der Waals surface area (Å²) < 4.78 is 16.9. The summed E-state index contributed by atoms with van der Waals surface area (Å²) in [4.78, 5) is 12.3. The van der Waals surface area contributed by atoms with Crippen LogP contribution in [0.1, 0.15) is 50.4 Å². The number of rotatable bonds is 9. The maximum absolute atomic E-state index is 12.3. The van der Waals surface area contributed by atoms with Gasteiger partial charge in [0.1, 0.15) is 0 Å². The number of Topliss-reactive ketones (excluding diaryl/α,β-unsaturated/α-hetero) is 1. The van der Waals surface area contributed by atoms with Crippen LogP contribution in [0, 0.1) is 5.92 Å². The normalized spacial score (nSPS) is 13.9. The quantitative estimate of drug-likeness (QED) is 0.648. The second-order valence-corrected chi connectivity index (χ2v) is 5.17. The number of carbonyl (C=O) groups excluding carboxylic acids is 1. The van der Waals surface area contributed by atoms with Gasteiger partial charge in [0.2, 0.25) is 5.75 Å². The van der Waals surface area contributed by atoms with Crippen molar-refractivity contribution < 1.29 is 19.0 Å². The number of benzene rings is 1. The van der Waals surface area contributed by atoms with Gasteiger partial charge < -0.3 is 14.2 Å². The molecule has 0 unspecified atom stereocenters. The summed E-state index contributed by atoms with van der Waals surface area (Å²) >= 11 is 0. The summed E-state index contributed by atoms with van der Waals surface area (Å²) in [7, 11) is 0. The number of hydrogen-bond acceptors (Lipinski definition) is 4. The zero-order chi connectivity index (χ0) is 15.2. The van der Waals surface area contributed by atoms with Crippen LogP contribution >= 0.6 is 0 Å². The zero-order valence-electron chi connectivity index (χ0n) is 13.1. The molecule has 1 aliphatic rings. The van der Waals surface area contributed by atoms with E-state index in [0.717, 1.165) is 0 Å². The molecule has 1 saturated carbocycles. The van der Waals surface area contributed by atoms with E-state index in [9.17, 15) is 4.79 Å². The summed E-state index contributed by atoms with van der Waals surface area (Å²) in [6, 6.07) is 3.56. The van der Waals surface area contributed by atoms with Crippen molar-refractivity contribution in [1.29, 1.82) is 0 Å². The topological polar surface area (TPSA) is 44.8 Å². The van der Waals surface area contributed by atoms with E-state index < -0.39 is 0 Å². The minimum absolute atomic E-state index is 0.155. The Balaban J connectivity index is 2.33. The fraction of sp³-hybridized carbons (Fsp3) is 0.588. The molecule has 0 radical (unpaired) electrons. The Hall–Kier alpha value is -1.71. The van der Waals surface area contributed by atoms with Crippen molar-refractivity contribution in [3.8, 4) is 17.2 Å². The Kier molecular flexibility index (Phi) is 5.48. The minimum Gasteiger partial charge on any atom is -0.490 e. The van der Waals surface area contributed by atoms with E-state index in [4.69, 9.17) is 14.2 Å². The molecule has 0 aromatic heterocycles. The first-order chi connectivity index (χ1) is 10.2. The van der Waals surface area contributed by atoms with E-state index >= 15 is 0 Å². The van der Waals surface area contributed by atoms with Gasteiger partial charge in [-0.1, -0.05) is 0 Å². The highest BCUT2D eigenvalue weighted by atomic mass is 16.5. The van der Waals surface area contributed by atoms with Crippen LogP contribution in [0.15, 0.2) is 12.1 Å². The van der Waals surface area contributed by atoms with Gasteiger partial charge in [-0.05, 0) is 51.7 Å². The third kappa shape index (κ3) is 4.13. The van der Waals surface area contributed by atoms with Crippen molar-refractivity contribution >= 4 is 5.78 Å². The Morgan fingerprint density at radius 1 is 1.00 bits per heavy atom. The Labute approximate surface area is 126 Å². The average Bonchev–Trinajstić information content (AvgIpc) is 3.26. The van der Waals surface area contributed by atoms with E-state index in [2.05, 4.69) is 0 Å². The molecule has 0 atom stereocenters. The predicted molar refractivity (Wildman–Crippen MR) is 81.6 cm³/mol. The average molecular weight is 292 g/mol. The van der Waals surface area contributed by atoms with E-state index in [1.54, 1.807) is 12.1 Å². The molecule has 2 rings (SSSR count). The maximum Gasteiger partial charge on any atom is 0.203 e. The van der Waals surface area contributed by atoms with Gasteiger partial charge >= 0.3 is 0 Å². The first kappa shape index (κ1) is 15.7. The molecular weight excluding hydrogens is 268 g/mol. The minimum atomic E-state index is 0.155. The summed E-state index contributed by atoms with van der Waals surface area (Å²) in [5, 5.41) is 0. The maximum atomic E-state index is 12.3. The fourth-order valence-electron chi connectivity index (χ4n) is 2.25. The lowest BCUT2D eigenvalue weighted by atomic mass is 10.0. The summed E-state index contributed by atoms with van der Waals surface area (Å²) in [6.07, 6.45) is 2.95. The third-order valence-corrected chi connectivity index (χ3v) is 3.40. The molecule has 4 nitrogen and oxygen atoms in total. The molecule has 0 amide bonds. The van der Waals surface area contributed by atoms with Crippen LogP contribution < -0.4 is 14.2 Å². The molecule has 0 N–H and O–H groups in total. The van der Waals surface area contributed by atoms with Gasteiger partial charge in [0, 0.05) is 12.0 Å². The Morgan fingerprint density at radius 3 is 1.95 bits per heavy atom. The molecule has 1 aromatic rings. The zero-order valence-corrected chi connectivity index (χ0v) is 13.1. The molecule has 0 saturated heterocycles. The number of ketones is 1. The lowest BCUT2D eigenvalue weighted by Crippen LogP contribution is -2.06. The van der Waals surface area contributed by atoms with Gasteiger partial charge in [-0.2, -0.15) is 0 Å². The predicted octanol–water partition coefficient (Wildman–Crippen LogP) is 3.87. The number of hydrogen-bond donors (Lipinski definition) is 0. The van der Waals surface area contributed by atoms with Crippen molar-refractivity contribution in [3.05, 3.63) is 17.7 Å². The highest BCUT2D eigenvalue weighted by Crippen LogP contribution is 2.40. The van der Waals surface area contributed by atoms with Crippen molar-refractivity contribution in [1.82, 2.24) is 0 Å². The monoisotopic (exact) mass is 292 g/mol. The molecule has 0 heterocycles. The molecule has 116 valence electrons. The highest BCUT2D eigenvalue weighted by molar-refractivity contribution is 5.97. The molecular formula is C17H24O4. The molecule has 0 bridgehead atoms. The van der Waals surface area contributed by atoms with Gasteiger partial charge in [0.05, 0.1) is 19.8 Å². The van der Waals surface area contributed by atoms with Crippen LogP contribution in [0.2, 0.25) is 0 Å². The second kappa shape index (κ2) is 7.34. The molecule has 0 aliphatic heterocycles. The lowest BCUT2D eigenvalue weighted by molar-refractivity contribution is 0.0975. The molecule has 1 fully saturated rings. The summed E-state index contributed by atoms with van der Waals surface area (Å²) in [5.74, 6) is 2.48. The van der Waals surface area contributed by atoms with Crippen LogP contribution in [-0.4, -0.2) is 25.6 Å². The smallest absolute Gasteiger partial charge is 0.203 e. The standard InChI is InChI=1S/C17H24O4/c1-4-19-15-10-13(14(18)9-12-7-8-12)11-16(20-5-2)17(15)21-6-3/h10-12H,4-9H2,1-3H3. The van der Waals surface area contributed by atoms with Crippen molar-refractivity contribution in [3.63, 3.8) is 0 Å². The Bertz CT molecular complexity index is 465. The lowest BCUT2D eigenvalue weighted by Gasteiger charge is -2.16. The van der Waals surface area contributed by atoms with Gasteiger partial charge in [0.15, 0.2) is 17.3 Å². The van der Waals surface area contributed by atoms with E-state index in [1.165, 1.54) is 12.8 Å². The SMILES string of the molecule is CCOc1cc(C(=O)CC2CC2)cc(OCC)c1OCC. The number of carbonyl (C=O) groups is 1. The Morgan fingerprint density at radius 2 is 1.52 bits per heavy atom. The van der Waals surface area contributed by atoms with E-state index in [1.807, 2.05) is 20.8 Å². The first-order valence-corrected chi connectivity index (χ1v) is 7.79.